The molecule has 4 nitrogen and oxygen atoms in total. The van der Waals surface area contributed by atoms with Crippen molar-refractivity contribution in [3.05, 3.63) is 46.8 Å². The Balaban J connectivity index is 2.02. The van der Waals surface area contributed by atoms with Gasteiger partial charge in [-0.2, -0.15) is 18.3 Å². The van der Waals surface area contributed by atoms with Crippen molar-refractivity contribution in [1.29, 1.82) is 0 Å². The van der Waals surface area contributed by atoms with Crippen LogP contribution in [0, 0.1) is 18.4 Å². The van der Waals surface area contributed by atoms with Crippen LogP contribution >= 0.6 is 0 Å². The standard InChI is InChI=1S/C20H22F3N3OSi/c1-13-10-16(6-7-17(13)20(21,22)23)25-12-14(2)26-18(19(25)27)15(11-24-26)8-9-28(3,4)5/h6-7,10-11,14H,12H2,1-5H3/t14-/m0/s1. The Hall–Kier alpha value is -2.53. The summed E-state index contributed by atoms with van der Waals surface area (Å²) in [6.07, 6.45) is -2.82. The molecule has 1 aliphatic rings. The first-order valence-electron chi connectivity index (χ1n) is 8.99. The van der Waals surface area contributed by atoms with Crippen LogP contribution in [0.3, 0.4) is 0 Å². The zero-order chi connectivity index (χ0) is 20.9. The second-order valence-electron chi connectivity index (χ2n) is 8.11. The summed E-state index contributed by atoms with van der Waals surface area (Å²) in [7, 11) is -1.64. The molecule has 1 amide bonds. The Morgan fingerprint density at radius 2 is 1.93 bits per heavy atom. The maximum atomic E-state index is 13.1. The monoisotopic (exact) mass is 405 g/mol. The van der Waals surface area contributed by atoms with Gasteiger partial charge < -0.3 is 4.90 Å². The molecule has 148 valence electrons. The maximum Gasteiger partial charge on any atom is 0.416 e. The highest BCUT2D eigenvalue weighted by atomic mass is 28.3. The van der Waals surface area contributed by atoms with Gasteiger partial charge in [-0.3, -0.25) is 9.48 Å². The van der Waals surface area contributed by atoms with E-state index in [1.54, 1.807) is 10.9 Å². The molecule has 0 saturated carbocycles. The number of anilines is 1. The van der Waals surface area contributed by atoms with Crippen LogP contribution in [0.5, 0.6) is 0 Å². The number of aryl methyl sites for hydroxylation is 1. The molecule has 8 heteroatoms. The summed E-state index contributed by atoms with van der Waals surface area (Å²) in [5, 5.41) is 4.31. The van der Waals surface area contributed by atoms with E-state index in [9.17, 15) is 18.0 Å². The van der Waals surface area contributed by atoms with Crippen molar-refractivity contribution >= 4 is 19.7 Å². The smallest absolute Gasteiger partial charge is 0.305 e. The normalized spacial score (nSPS) is 17.2. The Kier molecular flexibility index (Phi) is 4.92. The average molecular weight is 405 g/mol. The molecule has 0 aliphatic carbocycles. The number of nitrogens with zero attached hydrogens (tertiary/aromatic N) is 3. The molecular weight excluding hydrogens is 383 g/mol. The van der Waals surface area contributed by atoms with E-state index in [1.807, 2.05) is 6.92 Å². The summed E-state index contributed by atoms with van der Waals surface area (Å²) in [4.78, 5) is 14.7. The lowest BCUT2D eigenvalue weighted by atomic mass is 10.1. The van der Waals surface area contributed by atoms with Crippen molar-refractivity contribution in [2.75, 3.05) is 11.4 Å². The number of benzene rings is 1. The third kappa shape index (κ3) is 3.85. The molecule has 0 saturated heterocycles. The van der Waals surface area contributed by atoms with Gasteiger partial charge in [0.15, 0.2) is 0 Å². The summed E-state index contributed by atoms with van der Waals surface area (Å²) in [5.41, 5.74) is 4.03. The Morgan fingerprint density at radius 1 is 1.25 bits per heavy atom. The first kappa shape index (κ1) is 20.2. The van der Waals surface area contributed by atoms with Gasteiger partial charge in [0.2, 0.25) is 0 Å². The van der Waals surface area contributed by atoms with Crippen LogP contribution in [0.4, 0.5) is 18.9 Å². The molecule has 0 radical (unpaired) electrons. The van der Waals surface area contributed by atoms with E-state index in [0.29, 0.717) is 23.5 Å². The number of halogens is 3. The van der Waals surface area contributed by atoms with Gasteiger partial charge in [0.1, 0.15) is 13.8 Å². The van der Waals surface area contributed by atoms with Crippen LogP contribution in [0.2, 0.25) is 19.6 Å². The molecule has 1 aliphatic heterocycles. The number of amides is 1. The van der Waals surface area contributed by atoms with Crippen LogP contribution < -0.4 is 4.90 Å². The highest BCUT2D eigenvalue weighted by Gasteiger charge is 2.35. The number of hydrogen-bond acceptors (Lipinski definition) is 2. The van der Waals surface area contributed by atoms with Gasteiger partial charge >= 0.3 is 6.18 Å². The number of aromatic nitrogens is 2. The van der Waals surface area contributed by atoms with Gasteiger partial charge in [-0.05, 0) is 37.6 Å². The first-order valence-corrected chi connectivity index (χ1v) is 12.5. The second kappa shape index (κ2) is 6.81. The Labute approximate surface area is 163 Å². The predicted octanol–water partition coefficient (Wildman–Crippen LogP) is 4.66. The lowest BCUT2D eigenvalue weighted by Crippen LogP contribution is -2.43. The van der Waals surface area contributed by atoms with E-state index < -0.39 is 19.8 Å². The minimum Gasteiger partial charge on any atom is -0.305 e. The van der Waals surface area contributed by atoms with Crippen molar-refractivity contribution in [3.8, 4) is 11.5 Å². The van der Waals surface area contributed by atoms with Gasteiger partial charge in [-0.1, -0.05) is 25.6 Å². The predicted molar refractivity (Wildman–Crippen MR) is 105 cm³/mol. The van der Waals surface area contributed by atoms with Crippen LogP contribution in [0.25, 0.3) is 0 Å². The van der Waals surface area contributed by atoms with Crippen molar-refractivity contribution in [1.82, 2.24) is 9.78 Å². The molecule has 28 heavy (non-hydrogen) atoms. The summed E-state index contributed by atoms with van der Waals surface area (Å²) in [6.45, 7) is 9.98. The molecule has 2 heterocycles. The second-order valence-corrected chi connectivity index (χ2v) is 12.9. The van der Waals surface area contributed by atoms with Gasteiger partial charge in [0, 0.05) is 12.2 Å². The largest absolute Gasteiger partial charge is 0.416 e. The minimum absolute atomic E-state index is 0.0864. The highest BCUT2D eigenvalue weighted by Crippen LogP contribution is 2.35. The lowest BCUT2D eigenvalue weighted by Gasteiger charge is -2.32. The van der Waals surface area contributed by atoms with Gasteiger partial charge in [0.05, 0.1) is 23.4 Å². The molecule has 3 rings (SSSR count). The highest BCUT2D eigenvalue weighted by molar-refractivity contribution is 6.83. The molecule has 0 unspecified atom stereocenters. The summed E-state index contributed by atoms with van der Waals surface area (Å²) in [5.74, 6) is 2.79. The number of carbonyl (C=O) groups is 1. The third-order valence-electron chi connectivity index (χ3n) is 4.51. The zero-order valence-electron chi connectivity index (χ0n) is 16.5. The van der Waals surface area contributed by atoms with E-state index in [0.717, 1.165) is 6.07 Å². The fraction of sp³-hybridized carbons (Fsp3) is 0.400. The number of rotatable bonds is 1. The topological polar surface area (TPSA) is 38.1 Å². The van der Waals surface area contributed by atoms with Crippen molar-refractivity contribution in [3.63, 3.8) is 0 Å². The molecule has 2 aromatic rings. The van der Waals surface area contributed by atoms with Crippen molar-refractivity contribution in [2.24, 2.45) is 0 Å². The maximum absolute atomic E-state index is 13.1. The Bertz CT molecular complexity index is 993. The number of hydrogen-bond donors (Lipinski definition) is 0. The fourth-order valence-electron chi connectivity index (χ4n) is 3.16. The number of carbonyl (C=O) groups excluding carboxylic acids is 1. The average Bonchev–Trinajstić information content (AvgIpc) is 2.99. The van der Waals surface area contributed by atoms with E-state index in [4.69, 9.17) is 0 Å². The summed E-state index contributed by atoms with van der Waals surface area (Å²) < 4.78 is 40.8. The molecule has 1 aromatic heterocycles. The first-order chi connectivity index (χ1) is 12.9. The minimum atomic E-state index is -4.42. The van der Waals surface area contributed by atoms with Crippen LogP contribution in [0.15, 0.2) is 24.4 Å². The summed E-state index contributed by atoms with van der Waals surface area (Å²) in [6, 6.07) is 3.67. The van der Waals surface area contributed by atoms with Gasteiger partial charge in [-0.25, -0.2) is 0 Å². The van der Waals surface area contributed by atoms with Gasteiger partial charge in [-0.15, -0.1) is 5.54 Å². The molecule has 0 N–H and O–H groups in total. The quantitative estimate of drug-likeness (QED) is 0.511. The molecule has 0 spiro atoms. The SMILES string of the molecule is Cc1cc(N2C[C@H](C)n3ncc(C#C[Si](C)(C)C)c3C2=O)ccc1C(F)(F)F. The lowest BCUT2D eigenvalue weighted by molar-refractivity contribution is -0.138. The zero-order valence-corrected chi connectivity index (χ0v) is 17.5. The van der Waals surface area contributed by atoms with Crippen LogP contribution in [-0.4, -0.2) is 30.3 Å². The molecular formula is C20H22F3N3OSi. The van der Waals surface area contributed by atoms with Crippen molar-refractivity contribution < 1.29 is 18.0 Å². The number of fused-ring (bicyclic) bond motifs is 1. The molecule has 1 atom stereocenters. The van der Waals surface area contributed by atoms with E-state index in [2.05, 4.69) is 36.2 Å². The van der Waals surface area contributed by atoms with Crippen molar-refractivity contribution in [2.45, 2.75) is 45.7 Å². The van der Waals surface area contributed by atoms with E-state index >= 15 is 0 Å². The molecule has 1 aromatic carbocycles. The molecule has 0 fully saturated rings. The number of alkyl halides is 3. The molecule has 0 bridgehead atoms. The van der Waals surface area contributed by atoms with E-state index in [1.165, 1.54) is 24.0 Å². The fourth-order valence-corrected chi connectivity index (χ4v) is 3.67. The van der Waals surface area contributed by atoms with Gasteiger partial charge in [0.25, 0.3) is 5.91 Å². The third-order valence-corrected chi connectivity index (χ3v) is 5.38. The van der Waals surface area contributed by atoms with Crippen LogP contribution in [0.1, 0.15) is 40.1 Å². The van der Waals surface area contributed by atoms with Crippen LogP contribution in [-0.2, 0) is 6.18 Å². The van der Waals surface area contributed by atoms with E-state index in [-0.39, 0.29) is 17.5 Å². The summed E-state index contributed by atoms with van der Waals surface area (Å²) >= 11 is 0. The Morgan fingerprint density at radius 3 is 2.50 bits per heavy atom.